The maximum atomic E-state index is 11.5. The molecule has 1 N–H and O–H groups in total. The molecule has 2 heterocycles. The van der Waals surface area contributed by atoms with Gasteiger partial charge < -0.3 is 0 Å². The second kappa shape index (κ2) is 3.13. The Morgan fingerprint density at radius 2 is 2.36 bits per heavy atom. The van der Waals surface area contributed by atoms with E-state index in [0.717, 1.165) is 0 Å². The van der Waals surface area contributed by atoms with E-state index in [0.29, 0.717) is 11.2 Å². The summed E-state index contributed by atoms with van der Waals surface area (Å²) in [5, 5.41) is 9.34. The van der Waals surface area contributed by atoms with Crippen molar-refractivity contribution in [2.45, 2.75) is 24.6 Å². The Bertz CT molecular complexity index is 488. The van der Waals surface area contributed by atoms with Crippen molar-refractivity contribution in [3.63, 3.8) is 0 Å². The molecule has 78 valence electrons. The average Bonchev–Trinajstić information content (AvgIpc) is 2.61. The number of nitrogens with one attached hydrogen (secondary N) is 1. The van der Waals surface area contributed by atoms with E-state index in [-0.39, 0.29) is 11.8 Å². The summed E-state index contributed by atoms with van der Waals surface area (Å²) in [7, 11) is -2.96. The van der Waals surface area contributed by atoms with Crippen molar-refractivity contribution in [2.24, 2.45) is 0 Å². The summed E-state index contributed by atoms with van der Waals surface area (Å²) < 4.78 is 24.8. The highest BCUT2D eigenvalue weighted by atomic mass is 32.2. The molecular formula is C6H10N4O2S2. The van der Waals surface area contributed by atoms with E-state index in [4.69, 9.17) is 12.2 Å². The first-order valence-corrected chi connectivity index (χ1v) is 6.36. The molecule has 1 saturated heterocycles. The lowest BCUT2D eigenvalue weighted by Crippen LogP contribution is -2.22. The third-order valence-corrected chi connectivity index (χ3v) is 5.16. The molecule has 0 radical (unpaired) electrons. The molecule has 1 aliphatic rings. The predicted molar refractivity (Wildman–Crippen MR) is 52.1 cm³/mol. The van der Waals surface area contributed by atoms with Crippen LogP contribution < -0.4 is 0 Å². The van der Waals surface area contributed by atoms with E-state index in [2.05, 4.69) is 15.5 Å². The lowest BCUT2D eigenvalue weighted by atomic mass is 10.2. The van der Waals surface area contributed by atoms with E-state index in [1.54, 1.807) is 11.6 Å². The zero-order valence-corrected chi connectivity index (χ0v) is 9.18. The zero-order chi connectivity index (χ0) is 10.3. The number of sulfone groups is 1. The smallest absolute Gasteiger partial charge is 0.238 e. The molecular weight excluding hydrogens is 224 g/mol. The molecule has 0 saturated carbocycles. The number of aromatic amines is 1. The third-order valence-electron chi connectivity index (χ3n) is 2.63. The summed E-state index contributed by atoms with van der Waals surface area (Å²) >= 11 is 4.91. The maximum Gasteiger partial charge on any atom is 0.238 e. The molecule has 2 rings (SSSR count). The quantitative estimate of drug-likeness (QED) is 0.696. The van der Waals surface area contributed by atoms with Crippen molar-refractivity contribution < 1.29 is 8.42 Å². The van der Waals surface area contributed by atoms with Crippen molar-refractivity contribution in [3.8, 4) is 0 Å². The van der Waals surface area contributed by atoms with E-state index in [1.165, 1.54) is 0 Å². The van der Waals surface area contributed by atoms with Gasteiger partial charge in [-0.1, -0.05) is 10.3 Å². The number of hydrogen-bond donors (Lipinski definition) is 1. The Labute approximate surface area is 86.2 Å². The molecule has 1 aromatic heterocycles. The van der Waals surface area contributed by atoms with Crippen molar-refractivity contribution in [1.82, 2.24) is 20.2 Å². The molecule has 0 bridgehead atoms. The van der Waals surface area contributed by atoms with Crippen LogP contribution in [0, 0.1) is 4.77 Å². The summed E-state index contributed by atoms with van der Waals surface area (Å²) in [6, 6.07) is -0.150. The first-order chi connectivity index (χ1) is 6.52. The number of tetrazole rings is 1. The Balaban J connectivity index is 2.41. The SMILES string of the molecule is CC1C(n2[nH]nnc2=S)CCS1(=O)=O. The second-order valence-corrected chi connectivity index (χ2v) is 6.22. The van der Waals surface area contributed by atoms with Crippen LogP contribution >= 0.6 is 12.2 Å². The van der Waals surface area contributed by atoms with Crippen LogP contribution in [0.4, 0.5) is 0 Å². The molecule has 1 fully saturated rings. The van der Waals surface area contributed by atoms with Gasteiger partial charge in [-0.05, 0) is 25.6 Å². The summed E-state index contributed by atoms with van der Waals surface area (Å²) in [5.41, 5.74) is 0. The van der Waals surface area contributed by atoms with E-state index in [9.17, 15) is 8.42 Å². The number of aromatic nitrogens is 4. The van der Waals surface area contributed by atoms with Crippen LogP contribution in [-0.2, 0) is 9.84 Å². The van der Waals surface area contributed by atoms with Crippen LogP contribution in [0.5, 0.6) is 0 Å². The maximum absolute atomic E-state index is 11.5. The van der Waals surface area contributed by atoms with Gasteiger partial charge in [-0.25, -0.2) is 13.1 Å². The first-order valence-electron chi connectivity index (χ1n) is 4.23. The lowest BCUT2D eigenvalue weighted by molar-refractivity contribution is 0.435. The topological polar surface area (TPSA) is 80.6 Å². The van der Waals surface area contributed by atoms with Gasteiger partial charge in [0.1, 0.15) is 0 Å². The van der Waals surface area contributed by atoms with Crippen molar-refractivity contribution in [3.05, 3.63) is 4.77 Å². The van der Waals surface area contributed by atoms with Gasteiger partial charge in [0.15, 0.2) is 9.84 Å². The van der Waals surface area contributed by atoms with Gasteiger partial charge in [0.25, 0.3) is 0 Å². The van der Waals surface area contributed by atoms with Crippen LogP contribution in [0.25, 0.3) is 0 Å². The minimum absolute atomic E-state index is 0.150. The minimum atomic E-state index is -2.96. The van der Waals surface area contributed by atoms with Crippen molar-refractivity contribution in [2.75, 3.05) is 5.75 Å². The summed E-state index contributed by atoms with van der Waals surface area (Å²) in [4.78, 5) is 0. The van der Waals surface area contributed by atoms with Gasteiger partial charge in [-0.15, -0.1) is 0 Å². The minimum Gasteiger partial charge on any atom is -0.238 e. The molecule has 1 aromatic rings. The van der Waals surface area contributed by atoms with Gasteiger partial charge in [0.05, 0.1) is 17.0 Å². The number of nitrogens with zero attached hydrogens (tertiary/aromatic N) is 3. The summed E-state index contributed by atoms with van der Waals surface area (Å²) in [6.07, 6.45) is 0.571. The average molecular weight is 234 g/mol. The van der Waals surface area contributed by atoms with Crippen LogP contribution in [0.1, 0.15) is 19.4 Å². The number of H-pyrrole nitrogens is 1. The fraction of sp³-hybridized carbons (Fsp3) is 0.833. The van der Waals surface area contributed by atoms with Gasteiger partial charge in [-0.3, -0.25) is 0 Å². The fourth-order valence-corrected chi connectivity index (χ4v) is 3.60. The van der Waals surface area contributed by atoms with Gasteiger partial charge in [0, 0.05) is 0 Å². The van der Waals surface area contributed by atoms with Crippen LogP contribution in [-0.4, -0.2) is 39.6 Å². The first kappa shape index (κ1) is 9.78. The lowest BCUT2D eigenvalue weighted by Gasteiger charge is -2.13. The van der Waals surface area contributed by atoms with Gasteiger partial charge in [-0.2, -0.15) is 5.21 Å². The highest BCUT2D eigenvalue weighted by Gasteiger charge is 2.38. The Morgan fingerprint density at radius 3 is 2.79 bits per heavy atom. The molecule has 2 atom stereocenters. The Morgan fingerprint density at radius 1 is 1.64 bits per heavy atom. The van der Waals surface area contributed by atoms with E-state index < -0.39 is 15.1 Å². The second-order valence-electron chi connectivity index (χ2n) is 3.38. The summed E-state index contributed by atoms with van der Waals surface area (Å²) in [6.45, 7) is 1.69. The standard InChI is InChI=1S/C6H10N4O2S2/c1-4-5(2-3-14(4,11)12)10-6(13)7-8-9-10/h4-5H,2-3H2,1H3,(H,7,9,13). The molecule has 2 unspecified atom stereocenters. The summed E-state index contributed by atoms with van der Waals surface area (Å²) in [5.74, 6) is 0.208. The molecule has 1 aliphatic heterocycles. The third kappa shape index (κ3) is 1.38. The van der Waals surface area contributed by atoms with E-state index in [1.807, 2.05) is 0 Å². The molecule has 6 nitrogen and oxygen atoms in total. The highest BCUT2D eigenvalue weighted by Crippen LogP contribution is 2.29. The van der Waals surface area contributed by atoms with Gasteiger partial charge in [0.2, 0.25) is 4.77 Å². The predicted octanol–water partition coefficient (Wildman–Crippen LogP) is 0.0838. The molecule has 8 heteroatoms. The molecule has 0 aromatic carbocycles. The molecule has 14 heavy (non-hydrogen) atoms. The normalized spacial score (nSPS) is 30.6. The number of hydrogen-bond acceptors (Lipinski definition) is 5. The Hall–Kier alpha value is -0.760. The largest absolute Gasteiger partial charge is 0.238 e. The molecule has 0 amide bonds. The molecule has 0 aliphatic carbocycles. The molecule has 0 spiro atoms. The zero-order valence-electron chi connectivity index (χ0n) is 7.54. The van der Waals surface area contributed by atoms with Crippen molar-refractivity contribution >= 4 is 22.1 Å². The Kier molecular flexibility index (Phi) is 2.18. The van der Waals surface area contributed by atoms with Crippen LogP contribution in [0.3, 0.4) is 0 Å². The van der Waals surface area contributed by atoms with E-state index >= 15 is 0 Å². The van der Waals surface area contributed by atoms with Crippen LogP contribution in [0.15, 0.2) is 0 Å². The van der Waals surface area contributed by atoms with Gasteiger partial charge >= 0.3 is 0 Å². The fourth-order valence-electron chi connectivity index (χ4n) is 1.70. The highest BCUT2D eigenvalue weighted by molar-refractivity contribution is 7.92. The van der Waals surface area contributed by atoms with Crippen molar-refractivity contribution in [1.29, 1.82) is 0 Å². The van der Waals surface area contributed by atoms with Crippen LogP contribution in [0.2, 0.25) is 0 Å². The number of rotatable bonds is 1. The monoisotopic (exact) mass is 234 g/mol.